The summed E-state index contributed by atoms with van der Waals surface area (Å²) in [6.07, 6.45) is 2.60. The van der Waals surface area contributed by atoms with Crippen molar-refractivity contribution in [3.63, 3.8) is 0 Å². The number of morpholine rings is 1. The van der Waals surface area contributed by atoms with Crippen LogP contribution in [0.3, 0.4) is 0 Å². The average Bonchev–Trinajstić information content (AvgIpc) is 3.03. The van der Waals surface area contributed by atoms with E-state index in [1.165, 1.54) is 12.8 Å². The van der Waals surface area contributed by atoms with Gasteiger partial charge in [-0.3, -0.25) is 0 Å². The molecular formula is C10H16N4O. The highest BCUT2D eigenvalue weighted by Crippen LogP contribution is 2.38. The van der Waals surface area contributed by atoms with Crippen LogP contribution in [0, 0.1) is 6.92 Å². The van der Waals surface area contributed by atoms with Crippen LogP contribution in [0.4, 0.5) is 0 Å². The Morgan fingerprint density at radius 1 is 1.40 bits per heavy atom. The topological polar surface area (TPSA) is 52.0 Å². The third kappa shape index (κ3) is 1.66. The van der Waals surface area contributed by atoms with Crippen LogP contribution in [0.25, 0.3) is 0 Å². The van der Waals surface area contributed by atoms with Crippen molar-refractivity contribution in [3.05, 3.63) is 11.6 Å². The fourth-order valence-corrected chi connectivity index (χ4v) is 2.12. The predicted molar refractivity (Wildman–Crippen MR) is 54.6 cm³/mol. The average molecular weight is 208 g/mol. The molecule has 1 unspecified atom stereocenters. The predicted octanol–water partition coefficient (Wildman–Crippen LogP) is 0.582. The number of rotatable bonds is 2. The van der Waals surface area contributed by atoms with E-state index in [-0.39, 0.29) is 6.10 Å². The minimum absolute atomic E-state index is 0.0838. The zero-order valence-electron chi connectivity index (χ0n) is 8.94. The molecule has 3 rings (SSSR count). The third-order valence-electron chi connectivity index (χ3n) is 3.02. The lowest BCUT2D eigenvalue weighted by atomic mass is 10.3. The Balaban J connectivity index is 1.89. The fraction of sp³-hybridized carbons (Fsp3) is 0.800. The lowest BCUT2D eigenvalue weighted by Crippen LogP contribution is -2.34. The highest BCUT2D eigenvalue weighted by Gasteiger charge is 2.31. The molecule has 1 saturated carbocycles. The van der Waals surface area contributed by atoms with Gasteiger partial charge in [0.25, 0.3) is 0 Å². The number of hydrogen-bond acceptors (Lipinski definition) is 4. The lowest BCUT2D eigenvalue weighted by molar-refractivity contribution is 0.0196. The first-order chi connectivity index (χ1) is 7.36. The largest absolute Gasteiger partial charge is 0.368 e. The highest BCUT2D eigenvalue weighted by molar-refractivity contribution is 5.05. The van der Waals surface area contributed by atoms with Crippen LogP contribution in [0.2, 0.25) is 0 Å². The highest BCUT2D eigenvalue weighted by atomic mass is 16.5. The van der Waals surface area contributed by atoms with Gasteiger partial charge in [-0.1, -0.05) is 0 Å². The molecule has 2 aliphatic rings. The Morgan fingerprint density at radius 3 is 2.93 bits per heavy atom. The summed E-state index contributed by atoms with van der Waals surface area (Å²) in [6.45, 7) is 4.57. The Labute approximate surface area is 88.8 Å². The van der Waals surface area contributed by atoms with E-state index in [2.05, 4.69) is 20.1 Å². The van der Waals surface area contributed by atoms with Gasteiger partial charge in [0.2, 0.25) is 0 Å². The Morgan fingerprint density at radius 2 is 2.27 bits per heavy atom. The molecule has 1 aromatic heterocycles. The zero-order valence-corrected chi connectivity index (χ0v) is 8.94. The minimum Gasteiger partial charge on any atom is -0.368 e. The maximum atomic E-state index is 5.71. The van der Waals surface area contributed by atoms with Crippen molar-refractivity contribution in [2.24, 2.45) is 0 Å². The molecule has 0 spiro atoms. The van der Waals surface area contributed by atoms with Crippen molar-refractivity contribution in [3.8, 4) is 0 Å². The summed E-state index contributed by atoms with van der Waals surface area (Å²) < 4.78 is 7.96. The minimum atomic E-state index is 0.0838. The third-order valence-corrected chi connectivity index (χ3v) is 3.02. The van der Waals surface area contributed by atoms with Crippen LogP contribution in [0.5, 0.6) is 0 Å². The Kier molecular flexibility index (Phi) is 2.21. The fourth-order valence-electron chi connectivity index (χ4n) is 2.12. The summed E-state index contributed by atoms with van der Waals surface area (Å²) in [6, 6.07) is 0.625. The first kappa shape index (κ1) is 9.30. The van der Waals surface area contributed by atoms with Gasteiger partial charge in [0.05, 0.1) is 6.61 Å². The second kappa shape index (κ2) is 3.57. The SMILES string of the molecule is Cc1nnc(C2CNCCO2)n1C1CC1. The van der Waals surface area contributed by atoms with E-state index in [0.717, 1.165) is 31.3 Å². The van der Waals surface area contributed by atoms with Crippen LogP contribution >= 0.6 is 0 Å². The molecule has 5 nitrogen and oxygen atoms in total. The molecule has 2 fully saturated rings. The molecule has 15 heavy (non-hydrogen) atoms. The van der Waals surface area contributed by atoms with Crippen LogP contribution in [-0.4, -0.2) is 34.5 Å². The molecule has 82 valence electrons. The van der Waals surface area contributed by atoms with Crippen molar-refractivity contribution in [2.75, 3.05) is 19.7 Å². The second-order valence-corrected chi connectivity index (χ2v) is 4.27. The van der Waals surface area contributed by atoms with Gasteiger partial charge in [-0.15, -0.1) is 10.2 Å². The summed E-state index contributed by atoms with van der Waals surface area (Å²) >= 11 is 0. The monoisotopic (exact) mass is 208 g/mol. The molecule has 0 radical (unpaired) electrons. The van der Waals surface area contributed by atoms with E-state index in [0.29, 0.717) is 6.04 Å². The van der Waals surface area contributed by atoms with Gasteiger partial charge >= 0.3 is 0 Å². The van der Waals surface area contributed by atoms with Crippen molar-refractivity contribution < 1.29 is 4.74 Å². The van der Waals surface area contributed by atoms with Gasteiger partial charge in [0.15, 0.2) is 5.82 Å². The van der Waals surface area contributed by atoms with Crippen LogP contribution in [-0.2, 0) is 4.74 Å². The molecule has 2 heterocycles. The molecule has 1 atom stereocenters. The quantitative estimate of drug-likeness (QED) is 0.772. The number of ether oxygens (including phenoxy) is 1. The van der Waals surface area contributed by atoms with Crippen LogP contribution in [0.15, 0.2) is 0 Å². The van der Waals surface area contributed by atoms with Gasteiger partial charge < -0.3 is 14.6 Å². The number of aryl methyl sites for hydroxylation is 1. The molecule has 1 aliphatic carbocycles. The number of nitrogens with zero attached hydrogens (tertiary/aromatic N) is 3. The van der Waals surface area contributed by atoms with Crippen molar-refractivity contribution in [2.45, 2.75) is 31.9 Å². The number of aromatic nitrogens is 3. The summed E-state index contributed by atoms with van der Waals surface area (Å²) in [5.74, 6) is 2.02. The van der Waals surface area contributed by atoms with E-state index in [1.807, 2.05) is 6.92 Å². The molecule has 1 N–H and O–H groups in total. The molecular weight excluding hydrogens is 192 g/mol. The molecule has 0 amide bonds. The van der Waals surface area contributed by atoms with Crippen molar-refractivity contribution in [1.82, 2.24) is 20.1 Å². The maximum absolute atomic E-state index is 5.71. The Hall–Kier alpha value is -0.940. The zero-order chi connectivity index (χ0) is 10.3. The van der Waals surface area contributed by atoms with E-state index in [9.17, 15) is 0 Å². The van der Waals surface area contributed by atoms with Gasteiger partial charge in [-0.05, 0) is 19.8 Å². The molecule has 0 bridgehead atoms. The van der Waals surface area contributed by atoms with Crippen molar-refractivity contribution >= 4 is 0 Å². The lowest BCUT2D eigenvalue weighted by Gasteiger charge is -2.23. The number of nitrogens with one attached hydrogen (secondary N) is 1. The summed E-state index contributed by atoms with van der Waals surface area (Å²) in [5.41, 5.74) is 0. The molecule has 0 aromatic carbocycles. The van der Waals surface area contributed by atoms with Gasteiger partial charge in [-0.25, -0.2) is 0 Å². The molecule has 5 heteroatoms. The van der Waals surface area contributed by atoms with Crippen LogP contribution < -0.4 is 5.32 Å². The summed E-state index contributed by atoms with van der Waals surface area (Å²) in [5, 5.41) is 11.7. The van der Waals surface area contributed by atoms with Crippen LogP contribution in [0.1, 0.15) is 36.6 Å². The first-order valence-electron chi connectivity index (χ1n) is 5.60. The molecule has 1 saturated heterocycles. The van der Waals surface area contributed by atoms with Gasteiger partial charge in [0.1, 0.15) is 11.9 Å². The van der Waals surface area contributed by atoms with E-state index in [4.69, 9.17) is 4.74 Å². The molecule has 1 aromatic rings. The normalized spacial score (nSPS) is 26.9. The van der Waals surface area contributed by atoms with Gasteiger partial charge in [-0.2, -0.15) is 0 Å². The standard InChI is InChI=1S/C10H16N4O/c1-7-12-13-10(14(7)8-2-3-8)9-6-11-4-5-15-9/h8-9,11H,2-6H2,1H3. The van der Waals surface area contributed by atoms with Gasteiger partial charge in [0, 0.05) is 19.1 Å². The second-order valence-electron chi connectivity index (χ2n) is 4.27. The number of hydrogen-bond donors (Lipinski definition) is 1. The molecule has 1 aliphatic heterocycles. The first-order valence-corrected chi connectivity index (χ1v) is 5.60. The van der Waals surface area contributed by atoms with E-state index >= 15 is 0 Å². The maximum Gasteiger partial charge on any atom is 0.163 e. The van der Waals surface area contributed by atoms with E-state index < -0.39 is 0 Å². The Bertz CT molecular complexity index is 352. The smallest absolute Gasteiger partial charge is 0.163 e. The summed E-state index contributed by atoms with van der Waals surface area (Å²) in [7, 11) is 0. The van der Waals surface area contributed by atoms with Crippen molar-refractivity contribution in [1.29, 1.82) is 0 Å². The van der Waals surface area contributed by atoms with E-state index in [1.54, 1.807) is 0 Å². The summed E-state index contributed by atoms with van der Waals surface area (Å²) in [4.78, 5) is 0.